The Morgan fingerprint density at radius 2 is 2.00 bits per heavy atom. The maximum absolute atomic E-state index is 13.5. The molecule has 1 saturated carbocycles. The third kappa shape index (κ3) is 3.89. The molecule has 1 aliphatic rings. The van der Waals surface area contributed by atoms with E-state index in [2.05, 4.69) is 11.9 Å². The van der Waals surface area contributed by atoms with Crippen molar-refractivity contribution >= 4 is 5.78 Å². The first-order valence-electron chi connectivity index (χ1n) is 7.57. The number of hydrogen-bond donors (Lipinski definition) is 0. The number of carbonyl (C=O) groups excluding carboxylic acids is 1. The van der Waals surface area contributed by atoms with E-state index in [1.165, 1.54) is 38.2 Å². The minimum absolute atomic E-state index is 0.0339. The number of halogens is 1. The van der Waals surface area contributed by atoms with Gasteiger partial charge in [-0.25, -0.2) is 4.39 Å². The highest BCUT2D eigenvalue weighted by atomic mass is 19.1. The molecule has 2 rings (SSSR count). The van der Waals surface area contributed by atoms with Gasteiger partial charge in [0, 0.05) is 24.6 Å². The van der Waals surface area contributed by atoms with Gasteiger partial charge in [-0.1, -0.05) is 31.4 Å². The molecule has 0 aromatic heterocycles. The molecule has 0 unspecified atom stereocenters. The minimum Gasteiger partial charge on any atom is -0.303 e. The summed E-state index contributed by atoms with van der Waals surface area (Å²) in [6.07, 6.45) is 6.88. The van der Waals surface area contributed by atoms with Crippen LogP contribution in [0, 0.1) is 12.7 Å². The summed E-state index contributed by atoms with van der Waals surface area (Å²) in [5.41, 5.74) is 1.08. The molecule has 3 heteroatoms. The van der Waals surface area contributed by atoms with Crippen molar-refractivity contribution in [3.8, 4) is 0 Å². The fourth-order valence-electron chi connectivity index (χ4n) is 2.89. The zero-order valence-corrected chi connectivity index (χ0v) is 12.5. The molecule has 1 aromatic carbocycles. The summed E-state index contributed by atoms with van der Waals surface area (Å²) in [6, 6.07) is 5.37. The second-order valence-electron chi connectivity index (χ2n) is 5.91. The predicted octanol–water partition coefficient (Wildman–Crippen LogP) is 3.97. The van der Waals surface area contributed by atoms with Gasteiger partial charge in [0.15, 0.2) is 5.78 Å². The summed E-state index contributed by atoms with van der Waals surface area (Å²) in [5.74, 6) is -0.261. The zero-order chi connectivity index (χ0) is 14.5. The van der Waals surface area contributed by atoms with Crippen LogP contribution in [0.2, 0.25) is 0 Å². The molecule has 0 radical (unpaired) electrons. The van der Waals surface area contributed by atoms with E-state index in [0.717, 1.165) is 6.54 Å². The first-order valence-corrected chi connectivity index (χ1v) is 7.57. The van der Waals surface area contributed by atoms with Crippen LogP contribution in [0.1, 0.15) is 54.4 Å². The van der Waals surface area contributed by atoms with Gasteiger partial charge >= 0.3 is 0 Å². The summed E-state index contributed by atoms with van der Waals surface area (Å²) >= 11 is 0. The number of carbonyl (C=O) groups is 1. The monoisotopic (exact) mass is 277 g/mol. The van der Waals surface area contributed by atoms with Crippen molar-refractivity contribution in [1.29, 1.82) is 0 Å². The maximum Gasteiger partial charge on any atom is 0.164 e. The Morgan fingerprint density at radius 1 is 1.30 bits per heavy atom. The van der Waals surface area contributed by atoms with E-state index in [1.54, 1.807) is 19.1 Å². The highest BCUT2D eigenvalue weighted by Crippen LogP contribution is 2.22. The normalized spacial score (nSPS) is 16.6. The lowest BCUT2D eigenvalue weighted by molar-refractivity contribution is 0.0952. The number of hydrogen-bond acceptors (Lipinski definition) is 2. The van der Waals surface area contributed by atoms with Gasteiger partial charge in [0.1, 0.15) is 5.82 Å². The van der Waals surface area contributed by atoms with E-state index in [-0.39, 0.29) is 11.6 Å². The van der Waals surface area contributed by atoms with E-state index < -0.39 is 0 Å². The van der Waals surface area contributed by atoms with E-state index in [0.29, 0.717) is 23.6 Å². The van der Waals surface area contributed by atoms with Crippen LogP contribution in [0.25, 0.3) is 0 Å². The number of ketones is 1. The molecule has 0 saturated heterocycles. The highest BCUT2D eigenvalue weighted by molar-refractivity contribution is 5.96. The molecule has 1 fully saturated rings. The Kier molecular flexibility index (Phi) is 5.30. The Labute approximate surface area is 121 Å². The summed E-state index contributed by atoms with van der Waals surface area (Å²) in [7, 11) is 2.10. The van der Waals surface area contributed by atoms with Crippen LogP contribution in [0.5, 0.6) is 0 Å². The number of aryl methyl sites for hydroxylation is 1. The Bertz CT molecular complexity index is 466. The van der Waals surface area contributed by atoms with Crippen LogP contribution in [0.15, 0.2) is 18.2 Å². The molecule has 1 aliphatic carbocycles. The Hall–Kier alpha value is -1.22. The molecule has 0 N–H and O–H groups in total. The van der Waals surface area contributed by atoms with E-state index in [9.17, 15) is 9.18 Å². The standard InChI is InChI=1S/C17H24FNO/c1-13-8-9-14(12-16(13)18)17(20)10-11-19(2)15-6-4-3-5-7-15/h8-9,12,15H,3-7,10-11H2,1-2H3. The first-order chi connectivity index (χ1) is 9.58. The molecule has 0 bridgehead atoms. The largest absolute Gasteiger partial charge is 0.303 e. The van der Waals surface area contributed by atoms with Gasteiger partial charge in [-0.2, -0.15) is 0 Å². The van der Waals surface area contributed by atoms with Crippen LogP contribution in [-0.4, -0.2) is 30.3 Å². The van der Waals surface area contributed by atoms with Gasteiger partial charge in [-0.3, -0.25) is 4.79 Å². The third-order valence-electron chi connectivity index (χ3n) is 4.38. The Morgan fingerprint density at radius 3 is 2.65 bits per heavy atom. The second kappa shape index (κ2) is 6.98. The van der Waals surface area contributed by atoms with Crippen molar-refractivity contribution in [3.63, 3.8) is 0 Å². The average molecular weight is 277 g/mol. The average Bonchev–Trinajstić information content (AvgIpc) is 2.48. The Balaban J connectivity index is 1.86. The summed E-state index contributed by atoms with van der Waals surface area (Å²) in [5, 5.41) is 0. The highest BCUT2D eigenvalue weighted by Gasteiger charge is 2.18. The lowest BCUT2D eigenvalue weighted by Gasteiger charge is -2.30. The van der Waals surface area contributed by atoms with Crippen molar-refractivity contribution in [3.05, 3.63) is 35.1 Å². The summed E-state index contributed by atoms with van der Waals surface area (Å²) < 4.78 is 13.5. The lowest BCUT2D eigenvalue weighted by atomic mass is 9.94. The minimum atomic E-state index is -0.295. The molecule has 110 valence electrons. The van der Waals surface area contributed by atoms with E-state index >= 15 is 0 Å². The molecule has 0 spiro atoms. The molecular formula is C17H24FNO. The van der Waals surface area contributed by atoms with Crippen molar-refractivity contribution in [1.82, 2.24) is 4.90 Å². The fraction of sp³-hybridized carbons (Fsp3) is 0.588. The van der Waals surface area contributed by atoms with Crippen LogP contribution < -0.4 is 0 Å². The van der Waals surface area contributed by atoms with Gasteiger partial charge in [-0.15, -0.1) is 0 Å². The van der Waals surface area contributed by atoms with E-state index in [4.69, 9.17) is 0 Å². The van der Waals surface area contributed by atoms with Gasteiger partial charge in [-0.05, 0) is 38.4 Å². The molecule has 20 heavy (non-hydrogen) atoms. The van der Waals surface area contributed by atoms with Gasteiger partial charge in [0.2, 0.25) is 0 Å². The molecule has 2 nitrogen and oxygen atoms in total. The third-order valence-corrected chi connectivity index (χ3v) is 4.38. The summed E-state index contributed by atoms with van der Waals surface area (Å²) in [6.45, 7) is 2.47. The molecule has 0 amide bonds. The molecular weight excluding hydrogens is 253 g/mol. The number of rotatable bonds is 5. The topological polar surface area (TPSA) is 20.3 Å². The van der Waals surface area contributed by atoms with Crippen molar-refractivity contribution in [2.24, 2.45) is 0 Å². The fourth-order valence-corrected chi connectivity index (χ4v) is 2.89. The van der Waals surface area contributed by atoms with Gasteiger partial charge in [0.25, 0.3) is 0 Å². The number of Topliss-reactive ketones (excluding diaryl/α,β-unsaturated/α-hetero) is 1. The predicted molar refractivity (Wildman–Crippen MR) is 79.6 cm³/mol. The molecule has 0 heterocycles. The molecule has 0 atom stereocenters. The van der Waals surface area contributed by atoms with Crippen LogP contribution in [0.3, 0.4) is 0 Å². The zero-order valence-electron chi connectivity index (χ0n) is 12.5. The van der Waals surface area contributed by atoms with Crippen LogP contribution in [-0.2, 0) is 0 Å². The van der Waals surface area contributed by atoms with Crippen molar-refractivity contribution < 1.29 is 9.18 Å². The van der Waals surface area contributed by atoms with Crippen molar-refractivity contribution in [2.45, 2.75) is 51.5 Å². The van der Waals surface area contributed by atoms with Gasteiger partial charge in [0.05, 0.1) is 0 Å². The second-order valence-corrected chi connectivity index (χ2v) is 5.91. The van der Waals surface area contributed by atoms with Crippen LogP contribution in [0.4, 0.5) is 4.39 Å². The van der Waals surface area contributed by atoms with Crippen molar-refractivity contribution in [2.75, 3.05) is 13.6 Å². The molecule has 0 aliphatic heterocycles. The smallest absolute Gasteiger partial charge is 0.164 e. The maximum atomic E-state index is 13.5. The quantitative estimate of drug-likeness (QED) is 0.759. The first kappa shape index (κ1) is 15.2. The summed E-state index contributed by atoms with van der Waals surface area (Å²) in [4.78, 5) is 14.4. The lowest BCUT2D eigenvalue weighted by Crippen LogP contribution is -2.34. The SMILES string of the molecule is Cc1ccc(C(=O)CCN(C)C2CCCCC2)cc1F. The van der Waals surface area contributed by atoms with E-state index in [1.807, 2.05) is 0 Å². The number of nitrogens with zero attached hydrogens (tertiary/aromatic N) is 1. The molecule has 1 aromatic rings. The van der Waals surface area contributed by atoms with Gasteiger partial charge < -0.3 is 4.90 Å². The van der Waals surface area contributed by atoms with Crippen LogP contribution >= 0.6 is 0 Å². The number of benzene rings is 1.